The number of unbranched alkanes of at least 4 members (excludes halogenated alkanes) is 1. The molecule has 0 aliphatic carbocycles. The molecule has 0 aliphatic heterocycles. The van der Waals surface area contributed by atoms with E-state index >= 15 is 0 Å². The van der Waals surface area contributed by atoms with Crippen LogP contribution in [-0.4, -0.2) is 57.4 Å². The van der Waals surface area contributed by atoms with Crippen LogP contribution in [0.4, 0.5) is 4.79 Å². The molecular formula is C15H24NO6S+. The molecule has 0 unspecified atom stereocenters. The fraction of sp³-hybridized carbons (Fsp3) is 0.533. The zero-order chi connectivity index (χ0) is 17.5. The molecule has 0 saturated heterocycles. The Balaban J connectivity index is 2.42. The maximum atomic E-state index is 11.6. The lowest BCUT2D eigenvalue weighted by Gasteiger charge is -2.29. The average Bonchev–Trinajstić information content (AvgIpc) is 2.44. The minimum atomic E-state index is -4.26. The fourth-order valence-electron chi connectivity index (χ4n) is 1.88. The first-order chi connectivity index (χ1) is 10.6. The molecule has 0 atom stereocenters. The summed E-state index contributed by atoms with van der Waals surface area (Å²) in [5, 5.41) is 0. The van der Waals surface area contributed by atoms with Crippen LogP contribution >= 0.6 is 0 Å². The third-order valence-corrected chi connectivity index (χ3v) is 4.22. The summed E-state index contributed by atoms with van der Waals surface area (Å²) in [6, 6.07) is 4.82. The van der Waals surface area contributed by atoms with Gasteiger partial charge >= 0.3 is 6.16 Å². The number of hydrogen-bond acceptors (Lipinski definition) is 5. The number of hydrogen-bond donors (Lipinski definition) is 1. The van der Waals surface area contributed by atoms with Crippen molar-refractivity contribution in [3.63, 3.8) is 0 Å². The van der Waals surface area contributed by atoms with E-state index in [9.17, 15) is 13.2 Å². The minimum absolute atomic E-state index is 0.141. The summed E-state index contributed by atoms with van der Waals surface area (Å²) >= 11 is 0. The van der Waals surface area contributed by atoms with Gasteiger partial charge in [0.2, 0.25) is 0 Å². The predicted molar refractivity (Wildman–Crippen MR) is 85.0 cm³/mol. The Morgan fingerprint density at radius 3 is 2.30 bits per heavy atom. The van der Waals surface area contributed by atoms with Gasteiger partial charge in [-0.15, -0.1) is 0 Å². The summed E-state index contributed by atoms with van der Waals surface area (Å²) in [5.41, 5.74) is 0. The molecule has 0 aromatic heterocycles. The summed E-state index contributed by atoms with van der Waals surface area (Å²) in [6.07, 6.45) is 1.38. The van der Waals surface area contributed by atoms with Gasteiger partial charge in [-0.2, -0.15) is 8.42 Å². The Morgan fingerprint density at radius 2 is 1.78 bits per heavy atom. The van der Waals surface area contributed by atoms with Crippen LogP contribution in [0.3, 0.4) is 0 Å². The van der Waals surface area contributed by atoms with E-state index in [1.165, 1.54) is 12.1 Å². The molecule has 0 fully saturated rings. The highest BCUT2D eigenvalue weighted by Gasteiger charge is 2.16. The van der Waals surface area contributed by atoms with E-state index in [1.54, 1.807) is 0 Å². The maximum absolute atomic E-state index is 11.6. The average molecular weight is 346 g/mol. The lowest BCUT2D eigenvalue weighted by atomic mass is 10.3. The highest BCUT2D eigenvalue weighted by molar-refractivity contribution is 7.85. The summed E-state index contributed by atoms with van der Waals surface area (Å²) in [4.78, 5) is 11.3. The molecule has 1 N–H and O–H groups in total. The van der Waals surface area contributed by atoms with Crippen molar-refractivity contribution in [3.05, 3.63) is 24.3 Å². The van der Waals surface area contributed by atoms with Gasteiger partial charge in [0, 0.05) is 0 Å². The van der Waals surface area contributed by atoms with Crippen LogP contribution in [0.15, 0.2) is 29.2 Å². The van der Waals surface area contributed by atoms with Crippen molar-refractivity contribution in [1.29, 1.82) is 0 Å². The largest absolute Gasteiger partial charge is 0.514 e. The molecule has 0 bridgehead atoms. The Hall–Kier alpha value is -1.64. The van der Waals surface area contributed by atoms with E-state index in [2.05, 4.69) is 21.0 Å². The Morgan fingerprint density at radius 1 is 1.17 bits per heavy atom. The van der Waals surface area contributed by atoms with E-state index in [1.807, 2.05) is 0 Å². The van der Waals surface area contributed by atoms with Gasteiger partial charge in [-0.3, -0.25) is 4.55 Å². The van der Waals surface area contributed by atoms with Gasteiger partial charge in [-0.05, 0) is 30.7 Å². The Bertz CT molecular complexity index is 609. The Kier molecular flexibility index (Phi) is 6.99. The number of rotatable bonds is 8. The molecule has 7 nitrogen and oxygen atoms in total. The zero-order valence-corrected chi connectivity index (χ0v) is 14.5. The van der Waals surface area contributed by atoms with Gasteiger partial charge in [0.05, 0.1) is 25.5 Å². The summed E-state index contributed by atoms with van der Waals surface area (Å²) in [6.45, 7) is 4.04. The number of likely N-dealkylation sites (N-methyl/N-ethyl adjacent to an activating group) is 1. The second kappa shape index (κ2) is 8.28. The molecular weight excluding hydrogens is 322 g/mol. The molecule has 1 aromatic carbocycles. The number of quaternary nitrogens is 1. The van der Waals surface area contributed by atoms with Crippen LogP contribution in [0, 0.1) is 0 Å². The number of benzene rings is 1. The third-order valence-electron chi connectivity index (χ3n) is 3.36. The minimum Gasteiger partial charge on any atom is -0.428 e. The molecule has 1 rings (SSSR count). The van der Waals surface area contributed by atoms with Crippen molar-refractivity contribution in [2.45, 2.75) is 24.7 Å². The van der Waals surface area contributed by atoms with Crippen LogP contribution in [0.25, 0.3) is 0 Å². The second-order valence-electron chi connectivity index (χ2n) is 5.88. The van der Waals surface area contributed by atoms with Crippen LogP contribution < -0.4 is 4.74 Å². The van der Waals surface area contributed by atoms with Gasteiger partial charge in [-0.1, -0.05) is 13.3 Å². The van der Waals surface area contributed by atoms with Crippen LogP contribution in [0.1, 0.15) is 19.8 Å². The smallest absolute Gasteiger partial charge is 0.428 e. The lowest BCUT2D eigenvalue weighted by molar-refractivity contribution is -0.890. The first-order valence-electron chi connectivity index (χ1n) is 7.38. The summed E-state index contributed by atoms with van der Waals surface area (Å²) in [7, 11) is -0.124. The number of ether oxygens (including phenoxy) is 2. The predicted octanol–water partition coefficient (Wildman–Crippen LogP) is 2.33. The summed E-state index contributed by atoms with van der Waals surface area (Å²) < 4.78 is 41.4. The molecule has 0 radical (unpaired) electrons. The topological polar surface area (TPSA) is 89.9 Å². The van der Waals surface area contributed by atoms with Crippen molar-refractivity contribution in [3.8, 4) is 5.75 Å². The molecule has 130 valence electrons. The SMILES string of the molecule is CCCC[N+](C)(C)CCOC(=O)Oc1ccc(S(=O)(=O)O)cc1. The molecule has 8 heteroatoms. The molecule has 1 aromatic rings. The molecule has 0 aliphatic rings. The van der Waals surface area contributed by atoms with Crippen molar-refractivity contribution in [1.82, 2.24) is 0 Å². The van der Waals surface area contributed by atoms with Gasteiger partial charge in [0.1, 0.15) is 18.9 Å². The highest BCUT2D eigenvalue weighted by atomic mass is 32.2. The molecule has 0 heterocycles. The van der Waals surface area contributed by atoms with Crippen molar-refractivity contribution in [2.75, 3.05) is 33.8 Å². The number of carbonyl (C=O) groups excluding carboxylic acids is 1. The van der Waals surface area contributed by atoms with Crippen molar-refractivity contribution < 1.29 is 31.7 Å². The van der Waals surface area contributed by atoms with E-state index in [0.717, 1.165) is 36.0 Å². The summed E-state index contributed by atoms with van der Waals surface area (Å²) in [5.74, 6) is 0.141. The highest BCUT2D eigenvalue weighted by Crippen LogP contribution is 2.16. The second-order valence-corrected chi connectivity index (χ2v) is 7.31. The van der Waals surface area contributed by atoms with Crippen LogP contribution in [0.2, 0.25) is 0 Å². The molecule has 23 heavy (non-hydrogen) atoms. The van der Waals surface area contributed by atoms with Gasteiger partial charge in [0.15, 0.2) is 0 Å². The van der Waals surface area contributed by atoms with Crippen LogP contribution in [-0.2, 0) is 14.9 Å². The van der Waals surface area contributed by atoms with Gasteiger partial charge < -0.3 is 14.0 Å². The van der Waals surface area contributed by atoms with E-state index in [0.29, 0.717) is 6.54 Å². The number of carbonyl (C=O) groups is 1. The molecule has 0 amide bonds. The van der Waals surface area contributed by atoms with Crippen LogP contribution in [0.5, 0.6) is 5.75 Å². The van der Waals surface area contributed by atoms with Gasteiger partial charge in [0.25, 0.3) is 10.1 Å². The lowest BCUT2D eigenvalue weighted by Crippen LogP contribution is -2.43. The standard InChI is InChI=1S/C15H23NO6S/c1-4-5-10-16(2,3)11-12-21-15(17)22-13-6-8-14(9-7-13)23(18,19)20/h6-9H,4-5,10-12H2,1-3H3/p+1. The quantitative estimate of drug-likeness (QED) is 0.336. The first kappa shape index (κ1) is 19.4. The molecule has 0 spiro atoms. The monoisotopic (exact) mass is 346 g/mol. The normalized spacial score (nSPS) is 12.0. The number of nitrogens with zero attached hydrogens (tertiary/aromatic N) is 1. The Labute approximate surface area is 137 Å². The van der Waals surface area contributed by atoms with E-state index < -0.39 is 16.3 Å². The van der Waals surface area contributed by atoms with Crippen molar-refractivity contribution >= 4 is 16.3 Å². The maximum Gasteiger partial charge on any atom is 0.514 e. The first-order valence-corrected chi connectivity index (χ1v) is 8.82. The third kappa shape index (κ3) is 7.45. The van der Waals surface area contributed by atoms with E-state index in [4.69, 9.17) is 14.0 Å². The zero-order valence-electron chi connectivity index (χ0n) is 13.7. The fourth-order valence-corrected chi connectivity index (χ4v) is 2.36. The van der Waals surface area contributed by atoms with Gasteiger partial charge in [-0.25, -0.2) is 4.79 Å². The van der Waals surface area contributed by atoms with E-state index in [-0.39, 0.29) is 17.3 Å². The van der Waals surface area contributed by atoms with Crippen molar-refractivity contribution in [2.24, 2.45) is 0 Å². The molecule has 0 saturated carbocycles.